The fourth-order valence-corrected chi connectivity index (χ4v) is 6.19. The van der Waals surface area contributed by atoms with Crippen molar-refractivity contribution >= 4 is 27.5 Å². The molecule has 8 heteroatoms. The standard InChI is InChI=1S/C34H37N3O4S/c1-4-27-19-21-30(22-20-27)37(42(40,41)31-13-9-6-10-14-31)25-33(38)36(24-29-17-15-26(2)16-18-29)32(34(39)35-3)23-28-11-7-5-8-12-28/h5-22,32H,4,23-25H2,1-3H3,(H,35,39)/t32-/m0/s1. The molecule has 0 saturated heterocycles. The van der Waals surface area contributed by atoms with Crippen LogP contribution < -0.4 is 9.62 Å². The molecule has 0 saturated carbocycles. The Bertz CT molecular complexity index is 1570. The average Bonchev–Trinajstić information content (AvgIpc) is 3.03. The van der Waals surface area contributed by atoms with Gasteiger partial charge in [-0.15, -0.1) is 0 Å². The van der Waals surface area contributed by atoms with Crippen molar-refractivity contribution < 1.29 is 18.0 Å². The average molecular weight is 584 g/mol. The molecule has 0 radical (unpaired) electrons. The largest absolute Gasteiger partial charge is 0.357 e. The lowest BCUT2D eigenvalue weighted by Gasteiger charge is -2.33. The Morgan fingerprint density at radius 1 is 0.762 bits per heavy atom. The van der Waals surface area contributed by atoms with Gasteiger partial charge in [0.25, 0.3) is 10.0 Å². The number of carbonyl (C=O) groups is 2. The summed E-state index contributed by atoms with van der Waals surface area (Å²) < 4.78 is 29.1. The summed E-state index contributed by atoms with van der Waals surface area (Å²) in [6.07, 6.45) is 1.07. The number of aryl methyl sites for hydroxylation is 2. The molecule has 7 nitrogen and oxygen atoms in total. The lowest BCUT2D eigenvalue weighted by atomic mass is 10.0. The van der Waals surface area contributed by atoms with Gasteiger partial charge in [-0.1, -0.05) is 97.4 Å². The van der Waals surface area contributed by atoms with Crippen LogP contribution in [-0.4, -0.2) is 44.8 Å². The molecule has 0 aliphatic heterocycles. The monoisotopic (exact) mass is 583 g/mol. The van der Waals surface area contributed by atoms with E-state index in [4.69, 9.17) is 0 Å². The van der Waals surface area contributed by atoms with Crippen LogP contribution in [0.4, 0.5) is 5.69 Å². The minimum atomic E-state index is -4.11. The van der Waals surface area contributed by atoms with E-state index in [0.29, 0.717) is 5.69 Å². The molecule has 0 aromatic heterocycles. The predicted octanol–water partition coefficient (Wildman–Crippen LogP) is 5.14. The summed E-state index contributed by atoms with van der Waals surface area (Å²) in [6, 6.07) is 31.6. The summed E-state index contributed by atoms with van der Waals surface area (Å²) in [5, 5.41) is 2.70. The highest BCUT2D eigenvalue weighted by atomic mass is 32.2. The molecular weight excluding hydrogens is 546 g/mol. The molecule has 4 aromatic rings. The smallest absolute Gasteiger partial charge is 0.264 e. The van der Waals surface area contributed by atoms with Crippen molar-refractivity contribution in [3.63, 3.8) is 0 Å². The Hall–Kier alpha value is -4.43. The molecule has 1 atom stereocenters. The van der Waals surface area contributed by atoms with Gasteiger partial charge in [0, 0.05) is 20.0 Å². The van der Waals surface area contributed by atoms with E-state index in [0.717, 1.165) is 33.0 Å². The maximum Gasteiger partial charge on any atom is 0.264 e. The predicted molar refractivity (Wildman–Crippen MR) is 167 cm³/mol. The second-order valence-corrected chi connectivity index (χ2v) is 12.0. The summed E-state index contributed by atoms with van der Waals surface area (Å²) in [6.45, 7) is 3.66. The van der Waals surface area contributed by atoms with Crippen molar-refractivity contribution in [2.45, 2.75) is 44.2 Å². The van der Waals surface area contributed by atoms with Gasteiger partial charge in [0.15, 0.2) is 0 Å². The lowest BCUT2D eigenvalue weighted by molar-refractivity contribution is -0.139. The van der Waals surface area contributed by atoms with Gasteiger partial charge < -0.3 is 10.2 Å². The van der Waals surface area contributed by atoms with E-state index in [1.807, 2.05) is 80.6 Å². The van der Waals surface area contributed by atoms with Crippen LogP contribution in [0.5, 0.6) is 0 Å². The first-order valence-electron chi connectivity index (χ1n) is 14.0. The van der Waals surface area contributed by atoms with Crippen LogP contribution in [0.25, 0.3) is 0 Å². The summed E-state index contributed by atoms with van der Waals surface area (Å²) in [4.78, 5) is 29.2. The zero-order chi connectivity index (χ0) is 30.1. The number of nitrogens with one attached hydrogen (secondary N) is 1. The van der Waals surface area contributed by atoms with Crippen molar-refractivity contribution in [2.75, 3.05) is 17.9 Å². The number of likely N-dealkylation sites (N-methyl/N-ethyl adjacent to an activating group) is 1. The van der Waals surface area contributed by atoms with Gasteiger partial charge >= 0.3 is 0 Å². The number of rotatable bonds is 12. The second kappa shape index (κ2) is 14.0. The first-order valence-corrected chi connectivity index (χ1v) is 15.4. The van der Waals surface area contributed by atoms with Gasteiger partial charge in [0.05, 0.1) is 10.6 Å². The van der Waals surface area contributed by atoms with Crippen molar-refractivity contribution in [1.29, 1.82) is 0 Å². The molecule has 2 amide bonds. The molecule has 42 heavy (non-hydrogen) atoms. The van der Waals surface area contributed by atoms with Crippen LogP contribution in [0.15, 0.2) is 114 Å². The molecule has 0 bridgehead atoms. The first kappa shape index (κ1) is 30.5. The van der Waals surface area contributed by atoms with Gasteiger partial charge in [-0.25, -0.2) is 8.42 Å². The highest BCUT2D eigenvalue weighted by Gasteiger charge is 2.34. The van der Waals surface area contributed by atoms with Gasteiger partial charge in [-0.2, -0.15) is 0 Å². The number of benzene rings is 4. The highest BCUT2D eigenvalue weighted by molar-refractivity contribution is 7.92. The normalized spacial score (nSPS) is 11.9. The third kappa shape index (κ3) is 7.44. The van der Waals surface area contributed by atoms with E-state index in [-0.39, 0.29) is 23.8 Å². The van der Waals surface area contributed by atoms with Crippen LogP contribution in [-0.2, 0) is 39.0 Å². The number of sulfonamides is 1. The van der Waals surface area contributed by atoms with Crippen LogP contribution in [0.3, 0.4) is 0 Å². The Labute approximate surface area is 248 Å². The number of nitrogens with zero attached hydrogens (tertiary/aromatic N) is 2. The fraction of sp³-hybridized carbons (Fsp3) is 0.235. The molecule has 4 rings (SSSR count). The third-order valence-electron chi connectivity index (χ3n) is 7.23. The van der Waals surface area contributed by atoms with Crippen LogP contribution in [0.2, 0.25) is 0 Å². The van der Waals surface area contributed by atoms with Gasteiger partial charge in [0.2, 0.25) is 11.8 Å². The Morgan fingerprint density at radius 3 is 1.90 bits per heavy atom. The molecular formula is C34H37N3O4S. The number of hydrogen-bond donors (Lipinski definition) is 1. The molecule has 0 fully saturated rings. The van der Waals surface area contributed by atoms with Crippen molar-refractivity contribution in [3.05, 3.63) is 131 Å². The highest BCUT2D eigenvalue weighted by Crippen LogP contribution is 2.25. The van der Waals surface area contributed by atoms with Crippen LogP contribution in [0, 0.1) is 6.92 Å². The topological polar surface area (TPSA) is 86.8 Å². The van der Waals surface area contributed by atoms with E-state index in [2.05, 4.69) is 5.32 Å². The van der Waals surface area contributed by atoms with E-state index in [9.17, 15) is 18.0 Å². The number of amides is 2. The molecule has 0 aliphatic rings. The van der Waals surface area contributed by atoms with Crippen molar-refractivity contribution in [2.24, 2.45) is 0 Å². The second-order valence-electron chi connectivity index (χ2n) is 10.2. The summed E-state index contributed by atoms with van der Waals surface area (Å²) in [5.41, 5.74) is 4.21. The molecule has 0 unspecified atom stereocenters. The third-order valence-corrected chi connectivity index (χ3v) is 9.02. The molecule has 1 N–H and O–H groups in total. The lowest BCUT2D eigenvalue weighted by Crippen LogP contribution is -2.53. The minimum Gasteiger partial charge on any atom is -0.357 e. The Morgan fingerprint density at radius 2 is 1.33 bits per heavy atom. The number of anilines is 1. The first-order chi connectivity index (χ1) is 20.2. The summed E-state index contributed by atoms with van der Waals surface area (Å²) >= 11 is 0. The van der Waals surface area contributed by atoms with E-state index in [1.165, 1.54) is 24.1 Å². The Kier molecular flexibility index (Phi) is 10.1. The number of carbonyl (C=O) groups excluding carboxylic acids is 2. The minimum absolute atomic E-state index is 0.0783. The van der Waals surface area contributed by atoms with E-state index in [1.54, 1.807) is 30.3 Å². The zero-order valence-electron chi connectivity index (χ0n) is 24.2. The summed E-state index contributed by atoms with van der Waals surface area (Å²) in [7, 11) is -2.57. The quantitative estimate of drug-likeness (QED) is 0.250. The zero-order valence-corrected chi connectivity index (χ0v) is 25.1. The SMILES string of the molecule is CCc1ccc(N(CC(=O)N(Cc2ccc(C)cc2)[C@@H](Cc2ccccc2)C(=O)NC)S(=O)(=O)c2ccccc2)cc1. The van der Waals surface area contributed by atoms with Gasteiger partial charge in [0.1, 0.15) is 12.6 Å². The van der Waals surface area contributed by atoms with Gasteiger partial charge in [-0.3, -0.25) is 13.9 Å². The Balaban J connectivity index is 1.77. The summed E-state index contributed by atoms with van der Waals surface area (Å²) in [5.74, 6) is -0.816. The molecule has 218 valence electrons. The van der Waals surface area contributed by atoms with Crippen molar-refractivity contribution in [1.82, 2.24) is 10.2 Å². The maximum atomic E-state index is 14.3. The maximum absolute atomic E-state index is 14.3. The van der Waals surface area contributed by atoms with E-state index < -0.39 is 28.5 Å². The van der Waals surface area contributed by atoms with Crippen LogP contribution in [0.1, 0.15) is 29.2 Å². The van der Waals surface area contributed by atoms with E-state index >= 15 is 0 Å². The molecule has 0 heterocycles. The van der Waals surface area contributed by atoms with Crippen LogP contribution >= 0.6 is 0 Å². The molecule has 0 spiro atoms. The van der Waals surface area contributed by atoms with Crippen molar-refractivity contribution in [3.8, 4) is 0 Å². The van der Waals surface area contributed by atoms with Gasteiger partial charge in [-0.05, 0) is 54.3 Å². The number of hydrogen-bond acceptors (Lipinski definition) is 4. The fourth-order valence-electron chi connectivity index (χ4n) is 4.76. The molecule has 4 aromatic carbocycles. The molecule has 0 aliphatic carbocycles.